The van der Waals surface area contributed by atoms with Crippen molar-refractivity contribution in [2.75, 3.05) is 19.6 Å². The molecule has 5 rings (SSSR count). The van der Waals surface area contributed by atoms with E-state index in [0.717, 1.165) is 56.8 Å². The molecule has 8 heteroatoms. The smallest absolute Gasteiger partial charge is 0.302 e. The Kier molecular flexibility index (Phi) is 4.20. The Balaban J connectivity index is 1.25. The van der Waals surface area contributed by atoms with Crippen LogP contribution in [0.5, 0.6) is 0 Å². The van der Waals surface area contributed by atoms with Gasteiger partial charge in [0, 0.05) is 31.4 Å². The largest absolute Gasteiger partial charge is 0.347 e. The van der Waals surface area contributed by atoms with E-state index in [-0.39, 0.29) is 5.69 Å². The average Bonchev–Trinajstić information content (AvgIpc) is 3.32. The van der Waals surface area contributed by atoms with Gasteiger partial charge in [-0.1, -0.05) is 0 Å². The van der Waals surface area contributed by atoms with Crippen LogP contribution in [0, 0.1) is 0 Å². The van der Waals surface area contributed by atoms with Crippen LogP contribution in [0.15, 0.2) is 29.3 Å². The second-order valence-electron chi connectivity index (χ2n) is 7.51. The summed E-state index contributed by atoms with van der Waals surface area (Å²) in [5.41, 5.74) is 3.25. The third-order valence-electron chi connectivity index (χ3n) is 5.84. The van der Waals surface area contributed by atoms with Crippen LogP contribution < -0.4 is 5.69 Å². The van der Waals surface area contributed by atoms with Gasteiger partial charge in [-0.05, 0) is 62.9 Å². The van der Waals surface area contributed by atoms with Crippen LogP contribution >= 0.6 is 0 Å². The number of hydrogen-bond acceptors (Lipinski definition) is 6. The number of hydrogen-bond donors (Lipinski definition) is 0. The summed E-state index contributed by atoms with van der Waals surface area (Å²) < 4.78 is 3.64. The maximum atomic E-state index is 11.7. The fraction of sp³-hybridized carbons (Fsp3) is 0.526. The van der Waals surface area contributed by atoms with Gasteiger partial charge in [0.05, 0.1) is 5.69 Å². The lowest BCUT2D eigenvalue weighted by Crippen LogP contribution is -2.37. The quantitative estimate of drug-likeness (QED) is 0.687. The first-order valence-electron chi connectivity index (χ1n) is 9.76. The summed E-state index contributed by atoms with van der Waals surface area (Å²) in [5, 5.41) is 13.7. The molecule has 0 unspecified atom stereocenters. The molecule has 3 aromatic heterocycles. The van der Waals surface area contributed by atoms with E-state index >= 15 is 0 Å². The van der Waals surface area contributed by atoms with Gasteiger partial charge < -0.3 is 4.90 Å². The first-order chi connectivity index (χ1) is 13.3. The van der Waals surface area contributed by atoms with E-state index < -0.39 is 0 Å². The van der Waals surface area contributed by atoms with E-state index in [1.54, 1.807) is 16.8 Å². The van der Waals surface area contributed by atoms with Crippen LogP contribution in [-0.2, 0) is 19.4 Å². The molecule has 4 heterocycles. The average molecular weight is 365 g/mol. The third kappa shape index (κ3) is 3.14. The molecule has 0 saturated carbocycles. The Morgan fingerprint density at radius 3 is 2.85 bits per heavy atom. The Morgan fingerprint density at radius 2 is 2.00 bits per heavy atom. The molecule has 1 aliphatic heterocycles. The van der Waals surface area contributed by atoms with E-state index in [2.05, 4.69) is 26.1 Å². The summed E-state index contributed by atoms with van der Waals surface area (Å²) in [6.07, 6.45) is 8.79. The molecule has 0 aromatic carbocycles. The topological polar surface area (TPSA) is 81.2 Å². The fourth-order valence-electron chi connectivity index (χ4n) is 4.27. The van der Waals surface area contributed by atoms with Crippen molar-refractivity contribution in [1.29, 1.82) is 0 Å². The summed E-state index contributed by atoms with van der Waals surface area (Å²) in [7, 11) is 0. The highest BCUT2D eigenvalue weighted by atomic mass is 16.1. The van der Waals surface area contributed by atoms with E-state index in [1.165, 1.54) is 23.9 Å². The van der Waals surface area contributed by atoms with Crippen molar-refractivity contribution < 1.29 is 0 Å². The first kappa shape index (κ1) is 16.6. The Labute approximate surface area is 156 Å². The number of likely N-dealkylation sites (tertiary alicyclic amines) is 1. The van der Waals surface area contributed by atoms with Gasteiger partial charge in [-0.15, -0.1) is 10.2 Å². The van der Waals surface area contributed by atoms with Crippen molar-refractivity contribution >= 4 is 5.65 Å². The summed E-state index contributed by atoms with van der Waals surface area (Å²) in [4.78, 5) is 17.9. The highest BCUT2D eigenvalue weighted by Crippen LogP contribution is 2.28. The highest BCUT2D eigenvalue weighted by molar-refractivity contribution is 5.43. The predicted octanol–water partition coefficient (Wildman–Crippen LogP) is 1.05. The van der Waals surface area contributed by atoms with Gasteiger partial charge in [-0.2, -0.15) is 9.61 Å². The zero-order chi connectivity index (χ0) is 18.2. The molecule has 3 aromatic rings. The van der Waals surface area contributed by atoms with E-state index in [1.807, 2.05) is 4.52 Å². The molecule has 2 aliphatic rings. The molecule has 1 saturated heterocycles. The minimum Gasteiger partial charge on any atom is -0.302 e. The van der Waals surface area contributed by atoms with Gasteiger partial charge in [0.15, 0.2) is 11.5 Å². The number of piperidine rings is 1. The van der Waals surface area contributed by atoms with Gasteiger partial charge in [0.2, 0.25) is 0 Å². The fourth-order valence-corrected chi connectivity index (χ4v) is 4.27. The van der Waals surface area contributed by atoms with Crippen molar-refractivity contribution in [2.24, 2.45) is 0 Å². The molecule has 27 heavy (non-hydrogen) atoms. The van der Waals surface area contributed by atoms with Gasteiger partial charge in [0.25, 0.3) is 0 Å². The molecule has 1 fully saturated rings. The molecule has 0 atom stereocenters. The van der Waals surface area contributed by atoms with E-state index in [4.69, 9.17) is 5.10 Å². The SMILES string of the molecule is O=c1ncccn1CCN1CCC(c2nnc3cc4c(nn23)CCC4)CC1. The van der Waals surface area contributed by atoms with Crippen molar-refractivity contribution in [1.82, 2.24) is 34.3 Å². The van der Waals surface area contributed by atoms with Crippen LogP contribution in [0.2, 0.25) is 0 Å². The highest BCUT2D eigenvalue weighted by Gasteiger charge is 2.26. The standard InChI is InChI=1S/C19H23N7O/c27-19-20-7-2-8-25(19)12-11-24-9-5-14(6-10-24)18-22-21-17-13-15-3-1-4-16(15)23-26(17)18/h2,7-8,13-14H,1,3-6,9-12H2. The number of nitrogens with zero attached hydrogens (tertiary/aromatic N) is 7. The van der Waals surface area contributed by atoms with Crippen molar-refractivity contribution in [3.8, 4) is 0 Å². The molecule has 1 aliphatic carbocycles. The molecule has 0 N–H and O–H groups in total. The summed E-state index contributed by atoms with van der Waals surface area (Å²) in [6.45, 7) is 3.54. The minimum absolute atomic E-state index is 0.180. The number of aryl methyl sites for hydroxylation is 2. The number of fused-ring (bicyclic) bond motifs is 2. The first-order valence-corrected chi connectivity index (χ1v) is 9.76. The molecule has 0 radical (unpaired) electrons. The molecule has 0 bridgehead atoms. The van der Waals surface area contributed by atoms with Crippen molar-refractivity contribution in [3.05, 3.63) is 52.1 Å². The molecular weight excluding hydrogens is 342 g/mol. The molecule has 0 spiro atoms. The van der Waals surface area contributed by atoms with Gasteiger partial charge in [0.1, 0.15) is 0 Å². The number of rotatable bonds is 4. The maximum Gasteiger partial charge on any atom is 0.347 e. The zero-order valence-corrected chi connectivity index (χ0v) is 15.3. The maximum absolute atomic E-state index is 11.7. The zero-order valence-electron chi connectivity index (χ0n) is 15.3. The summed E-state index contributed by atoms with van der Waals surface area (Å²) >= 11 is 0. The third-order valence-corrected chi connectivity index (χ3v) is 5.84. The Hall–Kier alpha value is -2.61. The van der Waals surface area contributed by atoms with Crippen LogP contribution in [0.25, 0.3) is 5.65 Å². The van der Waals surface area contributed by atoms with Crippen LogP contribution in [0.1, 0.15) is 42.3 Å². The Morgan fingerprint density at radius 1 is 1.11 bits per heavy atom. The van der Waals surface area contributed by atoms with E-state index in [9.17, 15) is 4.79 Å². The number of aromatic nitrogens is 6. The van der Waals surface area contributed by atoms with Crippen molar-refractivity contribution in [2.45, 2.75) is 44.6 Å². The minimum atomic E-state index is -0.180. The molecule has 140 valence electrons. The van der Waals surface area contributed by atoms with Crippen LogP contribution in [0.3, 0.4) is 0 Å². The van der Waals surface area contributed by atoms with Gasteiger partial charge in [-0.3, -0.25) is 4.57 Å². The predicted molar refractivity (Wildman–Crippen MR) is 99.7 cm³/mol. The molecule has 8 nitrogen and oxygen atoms in total. The van der Waals surface area contributed by atoms with Gasteiger partial charge >= 0.3 is 5.69 Å². The van der Waals surface area contributed by atoms with Gasteiger partial charge in [-0.25, -0.2) is 9.78 Å². The lowest BCUT2D eigenvalue weighted by Gasteiger charge is -2.31. The summed E-state index contributed by atoms with van der Waals surface area (Å²) in [6, 6.07) is 3.96. The second-order valence-corrected chi connectivity index (χ2v) is 7.51. The van der Waals surface area contributed by atoms with Crippen LogP contribution in [0.4, 0.5) is 0 Å². The molecule has 0 amide bonds. The molecular formula is C19H23N7O. The summed E-state index contributed by atoms with van der Waals surface area (Å²) in [5.74, 6) is 1.40. The normalized spacial score (nSPS) is 18.2. The van der Waals surface area contributed by atoms with Crippen LogP contribution in [-0.4, -0.2) is 53.9 Å². The lowest BCUT2D eigenvalue weighted by atomic mass is 9.96. The van der Waals surface area contributed by atoms with Crippen molar-refractivity contribution in [3.63, 3.8) is 0 Å². The second kappa shape index (κ2) is 6.84. The van der Waals surface area contributed by atoms with E-state index in [0.29, 0.717) is 12.5 Å². The monoisotopic (exact) mass is 365 g/mol. The lowest BCUT2D eigenvalue weighted by molar-refractivity contribution is 0.200. The Bertz CT molecular complexity index is 1020.